The molecular weight excluding hydrogens is 380 g/mol. The zero-order valence-electron chi connectivity index (χ0n) is 15.8. The fourth-order valence-corrected chi connectivity index (χ4v) is 4.51. The van der Waals surface area contributed by atoms with Crippen LogP contribution in [0.1, 0.15) is 49.3 Å². The highest BCUT2D eigenvalue weighted by atomic mass is 32.2. The molecule has 0 saturated heterocycles. The minimum absolute atomic E-state index is 0.0873. The van der Waals surface area contributed by atoms with E-state index in [1.165, 1.54) is 0 Å². The molecule has 1 aliphatic rings. The summed E-state index contributed by atoms with van der Waals surface area (Å²) in [7, 11) is -4.34. The molecule has 2 aromatic carbocycles. The third-order valence-corrected chi connectivity index (χ3v) is 6.19. The zero-order valence-corrected chi connectivity index (χ0v) is 16.6. The van der Waals surface area contributed by atoms with Gasteiger partial charge < -0.3 is 9.84 Å². The number of fused-ring (bicyclic) bond motifs is 1. The van der Waals surface area contributed by atoms with Crippen LogP contribution in [0, 0.1) is 0 Å². The van der Waals surface area contributed by atoms with Crippen LogP contribution in [0.3, 0.4) is 0 Å². The molecule has 2 N–H and O–H groups in total. The van der Waals surface area contributed by atoms with Crippen LogP contribution in [0.15, 0.2) is 48.5 Å². The van der Waals surface area contributed by atoms with Gasteiger partial charge in [-0.1, -0.05) is 56.3 Å². The van der Waals surface area contributed by atoms with Gasteiger partial charge in [0, 0.05) is 12.0 Å². The lowest BCUT2D eigenvalue weighted by atomic mass is 9.78. The largest absolute Gasteiger partial charge is 0.481 e. The highest BCUT2D eigenvalue weighted by molar-refractivity contribution is 7.86. The Hall–Kier alpha value is -2.38. The number of carboxylic acids is 1. The van der Waals surface area contributed by atoms with Gasteiger partial charge >= 0.3 is 16.1 Å². The lowest BCUT2D eigenvalue weighted by Crippen LogP contribution is -2.39. The Morgan fingerprint density at radius 2 is 1.89 bits per heavy atom. The molecule has 0 bridgehead atoms. The van der Waals surface area contributed by atoms with Crippen molar-refractivity contribution in [3.63, 3.8) is 0 Å². The zero-order chi connectivity index (χ0) is 20.5. The van der Waals surface area contributed by atoms with Gasteiger partial charge in [0.2, 0.25) is 5.44 Å². The number of carboxylic acid groups (broad SMARTS) is 1. The summed E-state index contributed by atoms with van der Waals surface area (Å²) in [5.41, 5.74) is 0.563. The molecule has 3 rings (SSSR count). The SMILES string of the molecule is CC1(C)CC(S(=O)(=O)O)Oc2ccc(C(CCc3ccccc3)C(=O)O)cc21. The van der Waals surface area contributed by atoms with Crippen LogP contribution in [-0.4, -0.2) is 29.5 Å². The predicted octanol–water partition coefficient (Wildman–Crippen LogP) is 3.76. The molecule has 0 fully saturated rings. The molecule has 150 valence electrons. The fourth-order valence-electron chi connectivity index (χ4n) is 3.66. The molecule has 2 unspecified atom stereocenters. The Balaban J connectivity index is 1.89. The van der Waals surface area contributed by atoms with E-state index in [-0.39, 0.29) is 6.42 Å². The van der Waals surface area contributed by atoms with E-state index >= 15 is 0 Å². The fraction of sp³-hybridized carbons (Fsp3) is 0.381. The smallest absolute Gasteiger partial charge is 0.310 e. The summed E-state index contributed by atoms with van der Waals surface area (Å²) in [5.74, 6) is -1.23. The molecular formula is C21H24O6S. The summed E-state index contributed by atoms with van der Waals surface area (Å²) in [5, 5.41) is 9.74. The number of aliphatic carboxylic acids is 1. The monoisotopic (exact) mass is 404 g/mol. The summed E-state index contributed by atoms with van der Waals surface area (Å²) < 4.78 is 37.9. The topological polar surface area (TPSA) is 101 Å². The molecule has 7 heteroatoms. The normalized spacial score (nSPS) is 19.3. The summed E-state index contributed by atoms with van der Waals surface area (Å²) in [6.07, 6.45) is 1.18. The van der Waals surface area contributed by atoms with E-state index in [2.05, 4.69) is 0 Å². The van der Waals surface area contributed by atoms with Gasteiger partial charge in [-0.2, -0.15) is 8.42 Å². The first kappa shape index (κ1) is 20.4. The number of hydrogen-bond donors (Lipinski definition) is 2. The third-order valence-electron chi connectivity index (χ3n) is 5.27. The minimum Gasteiger partial charge on any atom is -0.481 e. The van der Waals surface area contributed by atoms with Crippen molar-refractivity contribution in [2.24, 2.45) is 0 Å². The van der Waals surface area contributed by atoms with E-state index in [0.29, 0.717) is 24.2 Å². The van der Waals surface area contributed by atoms with Crippen molar-refractivity contribution >= 4 is 16.1 Å². The molecule has 1 aliphatic heterocycles. The van der Waals surface area contributed by atoms with Crippen LogP contribution in [-0.2, 0) is 26.7 Å². The van der Waals surface area contributed by atoms with E-state index < -0.39 is 32.9 Å². The average Bonchev–Trinajstić information content (AvgIpc) is 2.61. The molecule has 2 atom stereocenters. The van der Waals surface area contributed by atoms with E-state index in [0.717, 1.165) is 11.1 Å². The van der Waals surface area contributed by atoms with Gasteiger partial charge in [-0.3, -0.25) is 9.35 Å². The maximum Gasteiger partial charge on any atom is 0.310 e. The Labute approximate surface area is 164 Å². The van der Waals surface area contributed by atoms with Crippen LogP contribution in [0.2, 0.25) is 0 Å². The summed E-state index contributed by atoms with van der Waals surface area (Å²) >= 11 is 0. The Morgan fingerprint density at radius 1 is 1.21 bits per heavy atom. The maximum atomic E-state index is 11.9. The number of ether oxygens (including phenoxy) is 1. The summed E-state index contributed by atoms with van der Waals surface area (Å²) in [4.78, 5) is 11.9. The first-order valence-corrected chi connectivity index (χ1v) is 10.6. The average molecular weight is 404 g/mol. The van der Waals surface area contributed by atoms with Crippen LogP contribution in [0.5, 0.6) is 5.75 Å². The first-order valence-electron chi connectivity index (χ1n) is 9.12. The highest BCUT2D eigenvalue weighted by Gasteiger charge is 2.40. The van der Waals surface area contributed by atoms with Crippen LogP contribution < -0.4 is 4.74 Å². The van der Waals surface area contributed by atoms with Crippen molar-refractivity contribution in [3.05, 3.63) is 65.2 Å². The van der Waals surface area contributed by atoms with Crippen LogP contribution in [0.25, 0.3) is 0 Å². The van der Waals surface area contributed by atoms with E-state index in [1.807, 2.05) is 44.2 Å². The quantitative estimate of drug-likeness (QED) is 0.711. The van der Waals surface area contributed by atoms with Gasteiger partial charge in [-0.15, -0.1) is 0 Å². The van der Waals surface area contributed by atoms with Crippen molar-refractivity contribution in [1.29, 1.82) is 0 Å². The summed E-state index contributed by atoms with van der Waals surface area (Å²) in [6, 6.07) is 14.8. The van der Waals surface area contributed by atoms with Crippen molar-refractivity contribution in [2.75, 3.05) is 0 Å². The minimum atomic E-state index is -4.34. The van der Waals surface area contributed by atoms with Gasteiger partial charge in [0.25, 0.3) is 0 Å². The molecule has 0 aliphatic carbocycles. The van der Waals surface area contributed by atoms with Crippen LogP contribution in [0.4, 0.5) is 0 Å². The lowest BCUT2D eigenvalue weighted by molar-refractivity contribution is -0.139. The van der Waals surface area contributed by atoms with Gasteiger partial charge in [-0.05, 0) is 35.4 Å². The van der Waals surface area contributed by atoms with Crippen molar-refractivity contribution in [3.8, 4) is 5.75 Å². The number of benzene rings is 2. The highest BCUT2D eigenvalue weighted by Crippen LogP contribution is 2.43. The molecule has 0 aromatic heterocycles. The second kappa shape index (κ2) is 7.56. The van der Waals surface area contributed by atoms with Gasteiger partial charge in [0.15, 0.2) is 0 Å². The second-order valence-corrected chi connectivity index (χ2v) is 9.38. The molecule has 0 amide bonds. The van der Waals surface area contributed by atoms with Gasteiger partial charge in [0.05, 0.1) is 5.92 Å². The Kier molecular flexibility index (Phi) is 5.50. The van der Waals surface area contributed by atoms with Gasteiger partial charge in [-0.25, -0.2) is 0 Å². The van der Waals surface area contributed by atoms with Crippen molar-refractivity contribution in [1.82, 2.24) is 0 Å². The lowest BCUT2D eigenvalue weighted by Gasteiger charge is -2.36. The second-order valence-electron chi connectivity index (χ2n) is 7.82. The standard InChI is InChI=1S/C21H24O6S/c1-21(2)13-19(28(24,25)26)27-18-11-9-15(12-17(18)21)16(20(22)23)10-8-14-6-4-3-5-7-14/h3-7,9,11-12,16,19H,8,10,13H2,1-2H3,(H,22,23)(H,24,25,26). The summed E-state index contributed by atoms with van der Waals surface area (Å²) in [6.45, 7) is 3.71. The predicted molar refractivity (Wildman–Crippen MR) is 105 cm³/mol. The molecule has 28 heavy (non-hydrogen) atoms. The molecule has 0 radical (unpaired) electrons. The molecule has 0 spiro atoms. The van der Waals surface area contributed by atoms with Crippen molar-refractivity contribution < 1.29 is 27.6 Å². The van der Waals surface area contributed by atoms with E-state index in [4.69, 9.17) is 4.74 Å². The third kappa shape index (κ3) is 4.36. The number of carbonyl (C=O) groups is 1. The maximum absolute atomic E-state index is 11.9. The number of rotatable bonds is 6. The van der Waals surface area contributed by atoms with Crippen LogP contribution >= 0.6 is 0 Å². The first-order chi connectivity index (χ1) is 13.1. The van der Waals surface area contributed by atoms with E-state index in [9.17, 15) is 22.9 Å². The Bertz CT molecular complexity index is 966. The van der Waals surface area contributed by atoms with Crippen molar-refractivity contribution in [2.45, 2.75) is 49.9 Å². The Morgan fingerprint density at radius 3 is 2.50 bits per heavy atom. The number of hydrogen-bond acceptors (Lipinski definition) is 4. The number of aryl methyl sites for hydroxylation is 1. The van der Waals surface area contributed by atoms with E-state index in [1.54, 1.807) is 18.2 Å². The van der Waals surface area contributed by atoms with Gasteiger partial charge in [0.1, 0.15) is 5.75 Å². The molecule has 6 nitrogen and oxygen atoms in total. The molecule has 0 saturated carbocycles. The molecule has 1 heterocycles. The molecule has 2 aromatic rings.